The maximum absolute atomic E-state index is 12.4. The fourth-order valence-corrected chi connectivity index (χ4v) is 3.90. The first-order chi connectivity index (χ1) is 14.0. The predicted molar refractivity (Wildman–Crippen MR) is 111 cm³/mol. The van der Waals surface area contributed by atoms with E-state index >= 15 is 0 Å². The quantitative estimate of drug-likeness (QED) is 0.446. The van der Waals surface area contributed by atoms with E-state index in [2.05, 4.69) is 0 Å². The monoisotopic (exact) mass is 412 g/mol. The number of aryl methyl sites for hydroxylation is 2. The second kappa shape index (κ2) is 7.91. The van der Waals surface area contributed by atoms with E-state index in [-0.39, 0.29) is 12.2 Å². The Labute approximate surface area is 173 Å². The summed E-state index contributed by atoms with van der Waals surface area (Å²) in [5, 5.41) is 1.48. The average molecular weight is 413 g/mol. The number of rotatable bonds is 5. The molecule has 0 N–H and O–H groups in total. The third-order valence-corrected chi connectivity index (χ3v) is 5.67. The zero-order valence-electron chi connectivity index (χ0n) is 16.3. The molecule has 0 spiro atoms. The van der Waals surface area contributed by atoms with Crippen molar-refractivity contribution >= 4 is 28.5 Å². The highest BCUT2D eigenvalue weighted by molar-refractivity contribution is 6.31. The molecule has 0 aliphatic heterocycles. The molecule has 1 heterocycles. The fraction of sp³-hybridized carbons (Fsp3) is 0.304. The average Bonchev–Trinajstić information content (AvgIpc) is 3.20. The van der Waals surface area contributed by atoms with E-state index in [4.69, 9.17) is 25.5 Å². The Bertz CT molecular complexity index is 1150. The van der Waals surface area contributed by atoms with Crippen LogP contribution < -0.4 is 10.4 Å². The standard InChI is InChI=1S/C23H21ClO5/c1-13-20(11-10-17-16-7-5-8-18(16)23(26)29-21(13)17)28-14(2)22(25)27-12-15-6-3-4-9-19(15)24/h3-4,6,9-11,14H,5,7-8,12H2,1-2H3. The summed E-state index contributed by atoms with van der Waals surface area (Å²) in [5.74, 6) is -0.0133. The molecule has 0 saturated carbocycles. The molecule has 6 heteroatoms. The van der Waals surface area contributed by atoms with E-state index < -0.39 is 12.1 Å². The van der Waals surface area contributed by atoms with Crippen LogP contribution in [0.2, 0.25) is 5.02 Å². The van der Waals surface area contributed by atoms with Gasteiger partial charge in [0.1, 0.15) is 17.9 Å². The molecule has 0 fully saturated rings. The lowest BCUT2D eigenvalue weighted by Gasteiger charge is -2.17. The number of fused-ring (bicyclic) bond motifs is 3. The largest absolute Gasteiger partial charge is 0.479 e. The van der Waals surface area contributed by atoms with Gasteiger partial charge in [0.05, 0.1) is 0 Å². The van der Waals surface area contributed by atoms with Crippen molar-refractivity contribution in [1.29, 1.82) is 0 Å². The molecular formula is C23H21ClO5. The Morgan fingerprint density at radius 3 is 2.72 bits per heavy atom. The summed E-state index contributed by atoms with van der Waals surface area (Å²) in [5.41, 5.74) is 3.51. The van der Waals surface area contributed by atoms with Gasteiger partial charge in [-0.2, -0.15) is 0 Å². The highest BCUT2D eigenvalue weighted by Gasteiger charge is 2.23. The first-order valence-electron chi connectivity index (χ1n) is 9.60. The fourth-order valence-electron chi connectivity index (χ4n) is 3.71. The molecule has 1 unspecified atom stereocenters. The van der Waals surface area contributed by atoms with Crippen molar-refractivity contribution in [2.75, 3.05) is 0 Å². The van der Waals surface area contributed by atoms with Gasteiger partial charge in [0.25, 0.3) is 0 Å². The summed E-state index contributed by atoms with van der Waals surface area (Å²) < 4.78 is 16.7. The molecule has 1 aromatic heterocycles. The second-order valence-corrected chi connectivity index (χ2v) is 7.63. The molecule has 4 rings (SSSR count). The van der Waals surface area contributed by atoms with E-state index in [9.17, 15) is 9.59 Å². The van der Waals surface area contributed by atoms with E-state index in [1.165, 1.54) is 0 Å². The molecule has 0 saturated heterocycles. The number of carbonyl (C=O) groups is 1. The molecule has 29 heavy (non-hydrogen) atoms. The topological polar surface area (TPSA) is 65.7 Å². The number of esters is 1. The zero-order valence-corrected chi connectivity index (χ0v) is 17.0. The Morgan fingerprint density at radius 2 is 1.93 bits per heavy atom. The molecule has 150 valence electrons. The van der Waals surface area contributed by atoms with Gasteiger partial charge < -0.3 is 13.9 Å². The van der Waals surface area contributed by atoms with Crippen molar-refractivity contribution < 1.29 is 18.7 Å². The number of benzene rings is 2. The van der Waals surface area contributed by atoms with Gasteiger partial charge in [0.2, 0.25) is 0 Å². The van der Waals surface area contributed by atoms with Crippen molar-refractivity contribution in [2.24, 2.45) is 0 Å². The number of carbonyl (C=O) groups excluding carboxylic acids is 1. The molecule has 0 bridgehead atoms. The first kappa shape index (κ1) is 19.5. The minimum absolute atomic E-state index is 0.0733. The van der Waals surface area contributed by atoms with Gasteiger partial charge in [-0.1, -0.05) is 29.8 Å². The van der Waals surface area contributed by atoms with Gasteiger partial charge in [-0.25, -0.2) is 9.59 Å². The smallest absolute Gasteiger partial charge is 0.347 e. The lowest BCUT2D eigenvalue weighted by atomic mass is 10.0. The summed E-state index contributed by atoms with van der Waals surface area (Å²) in [6.45, 7) is 3.52. The predicted octanol–water partition coefficient (Wildman–Crippen LogP) is 4.75. The van der Waals surface area contributed by atoms with Crippen molar-refractivity contribution in [3.63, 3.8) is 0 Å². The zero-order chi connectivity index (χ0) is 20.5. The second-order valence-electron chi connectivity index (χ2n) is 7.22. The molecule has 3 aromatic rings. The Hall–Kier alpha value is -2.79. The third-order valence-electron chi connectivity index (χ3n) is 5.30. The summed E-state index contributed by atoms with van der Waals surface area (Å²) in [6, 6.07) is 10.9. The van der Waals surface area contributed by atoms with Crippen LogP contribution in [0.4, 0.5) is 0 Å². The van der Waals surface area contributed by atoms with Crippen LogP contribution in [0.3, 0.4) is 0 Å². The van der Waals surface area contributed by atoms with Gasteiger partial charge in [0.15, 0.2) is 6.10 Å². The SMILES string of the molecule is Cc1c(OC(C)C(=O)OCc2ccccc2Cl)ccc2c3c(c(=O)oc12)CCC3. The van der Waals surface area contributed by atoms with Crippen LogP contribution in [0.15, 0.2) is 45.6 Å². The van der Waals surface area contributed by atoms with Gasteiger partial charge in [-0.15, -0.1) is 0 Å². The highest BCUT2D eigenvalue weighted by atomic mass is 35.5. The summed E-state index contributed by atoms with van der Waals surface area (Å²) >= 11 is 6.09. The summed E-state index contributed by atoms with van der Waals surface area (Å²) in [6.07, 6.45) is 1.78. The van der Waals surface area contributed by atoms with E-state index in [1.54, 1.807) is 19.1 Å². The Kier molecular flexibility index (Phi) is 5.33. The Morgan fingerprint density at radius 1 is 1.17 bits per heavy atom. The first-order valence-corrected chi connectivity index (χ1v) is 9.98. The van der Waals surface area contributed by atoms with Crippen LogP contribution in [0.1, 0.15) is 35.6 Å². The van der Waals surface area contributed by atoms with Gasteiger partial charge in [-0.3, -0.25) is 0 Å². The van der Waals surface area contributed by atoms with Crippen LogP contribution in [0.5, 0.6) is 5.75 Å². The number of hydrogen-bond acceptors (Lipinski definition) is 5. The lowest BCUT2D eigenvalue weighted by Crippen LogP contribution is -2.26. The van der Waals surface area contributed by atoms with Gasteiger partial charge >= 0.3 is 11.6 Å². The molecular weight excluding hydrogens is 392 g/mol. The minimum atomic E-state index is -0.824. The Balaban J connectivity index is 1.52. The minimum Gasteiger partial charge on any atom is -0.479 e. The lowest BCUT2D eigenvalue weighted by molar-refractivity contribution is -0.152. The van der Waals surface area contributed by atoms with Gasteiger partial charge in [-0.05, 0) is 56.9 Å². The van der Waals surface area contributed by atoms with Crippen LogP contribution in [0, 0.1) is 6.92 Å². The van der Waals surface area contributed by atoms with Crippen LogP contribution >= 0.6 is 11.6 Å². The van der Waals surface area contributed by atoms with Crippen LogP contribution in [-0.4, -0.2) is 12.1 Å². The van der Waals surface area contributed by atoms with Crippen molar-refractivity contribution in [3.05, 3.63) is 74.1 Å². The van der Waals surface area contributed by atoms with E-state index in [0.717, 1.165) is 41.3 Å². The normalized spacial score (nSPS) is 13.9. The van der Waals surface area contributed by atoms with Crippen molar-refractivity contribution in [3.8, 4) is 5.75 Å². The number of halogens is 1. The molecule has 0 radical (unpaired) electrons. The van der Waals surface area contributed by atoms with Crippen LogP contribution in [0.25, 0.3) is 11.0 Å². The van der Waals surface area contributed by atoms with Crippen LogP contribution in [-0.2, 0) is 29.0 Å². The summed E-state index contributed by atoms with van der Waals surface area (Å²) in [4.78, 5) is 24.6. The number of ether oxygens (including phenoxy) is 2. The van der Waals surface area contributed by atoms with E-state index in [1.807, 2.05) is 31.2 Å². The van der Waals surface area contributed by atoms with Gasteiger partial charge in [0, 0.05) is 27.1 Å². The molecule has 2 aromatic carbocycles. The molecule has 1 aliphatic rings. The maximum Gasteiger partial charge on any atom is 0.347 e. The summed E-state index contributed by atoms with van der Waals surface area (Å²) in [7, 11) is 0. The molecule has 1 aliphatic carbocycles. The molecule has 1 atom stereocenters. The maximum atomic E-state index is 12.4. The van der Waals surface area contributed by atoms with Crippen molar-refractivity contribution in [2.45, 2.75) is 45.8 Å². The van der Waals surface area contributed by atoms with E-state index in [0.29, 0.717) is 21.9 Å². The molecule has 5 nitrogen and oxygen atoms in total. The van der Waals surface area contributed by atoms with Crippen molar-refractivity contribution in [1.82, 2.24) is 0 Å². The number of hydrogen-bond donors (Lipinski definition) is 0. The molecule has 0 amide bonds. The third kappa shape index (κ3) is 3.75. The highest BCUT2D eigenvalue weighted by Crippen LogP contribution is 2.33.